The molecule has 2 rings (SSSR count). The summed E-state index contributed by atoms with van der Waals surface area (Å²) in [6.45, 7) is 3.90. The van der Waals surface area contributed by atoms with Gasteiger partial charge in [0.2, 0.25) is 5.91 Å². The van der Waals surface area contributed by atoms with Gasteiger partial charge in [-0.1, -0.05) is 13.3 Å². The summed E-state index contributed by atoms with van der Waals surface area (Å²) < 4.78 is 7.07. The van der Waals surface area contributed by atoms with E-state index in [1.807, 2.05) is 29.9 Å². The second-order valence-electron chi connectivity index (χ2n) is 7.66. The first kappa shape index (κ1) is 25.1. The molecule has 0 fully saturated rings. The molecule has 0 atom stereocenters. The molecule has 1 aromatic carbocycles. The maximum Gasteiger partial charge on any atom is 0.269 e. The van der Waals surface area contributed by atoms with Gasteiger partial charge in [-0.2, -0.15) is 0 Å². The molecule has 2 amide bonds. The maximum atomic E-state index is 13.2. The number of ether oxygens (including phenoxy) is 1. The van der Waals surface area contributed by atoms with Crippen molar-refractivity contribution in [2.24, 2.45) is 7.05 Å². The van der Waals surface area contributed by atoms with Gasteiger partial charge in [0.05, 0.1) is 11.5 Å². The number of aromatic nitrogens is 1. The van der Waals surface area contributed by atoms with E-state index in [-0.39, 0.29) is 24.0 Å². The molecule has 9 nitrogen and oxygen atoms in total. The number of rotatable bonds is 13. The third kappa shape index (κ3) is 7.19. The Balaban J connectivity index is 2.17. The van der Waals surface area contributed by atoms with Crippen LogP contribution < -0.4 is 0 Å². The van der Waals surface area contributed by atoms with E-state index in [2.05, 4.69) is 6.92 Å². The highest BCUT2D eigenvalue weighted by atomic mass is 16.6. The van der Waals surface area contributed by atoms with Crippen molar-refractivity contribution in [2.45, 2.75) is 32.7 Å². The van der Waals surface area contributed by atoms with Gasteiger partial charge in [0.25, 0.3) is 11.6 Å². The van der Waals surface area contributed by atoms with Crippen LogP contribution in [0.3, 0.4) is 0 Å². The second-order valence-corrected chi connectivity index (χ2v) is 7.66. The molecule has 0 aliphatic carbocycles. The lowest BCUT2D eigenvalue weighted by atomic mass is 10.1. The van der Waals surface area contributed by atoms with Crippen LogP contribution in [-0.4, -0.2) is 64.5 Å². The predicted molar refractivity (Wildman–Crippen MR) is 121 cm³/mol. The van der Waals surface area contributed by atoms with Gasteiger partial charge in [-0.15, -0.1) is 0 Å². The molecule has 1 heterocycles. The number of hydrogen-bond acceptors (Lipinski definition) is 5. The Labute approximate surface area is 188 Å². The summed E-state index contributed by atoms with van der Waals surface area (Å²) >= 11 is 0. The summed E-state index contributed by atoms with van der Waals surface area (Å²) in [6, 6.07) is 9.36. The van der Waals surface area contributed by atoms with E-state index in [9.17, 15) is 19.7 Å². The number of benzene rings is 1. The van der Waals surface area contributed by atoms with Gasteiger partial charge in [0, 0.05) is 63.4 Å². The molecule has 0 saturated heterocycles. The fourth-order valence-corrected chi connectivity index (χ4v) is 3.32. The number of methoxy groups -OCH3 is 1. The van der Waals surface area contributed by atoms with E-state index in [1.165, 1.54) is 29.2 Å². The number of carbonyl (C=O) groups excluding carboxylic acids is 2. The summed E-state index contributed by atoms with van der Waals surface area (Å²) in [5.41, 5.74) is 1.24. The normalized spacial score (nSPS) is 10.7. The van der Waals surface area contributed by atoms with E-state index in [0.717, 1.165) is 18.5 Å². The quantitative estimate of drug-likeness (QED) is 0.268. The molecule has 0 radical (unpaired) electrons. The Bertz CT molecular complexity index is 894. The van der Waals surface area contributed by atoms with Gasteiger partial charge in [-0.05, 0) is 37.1 Å². The van der Waals surface area contributed by atoms with Crippen LogP contribution in [0.5, 0.6) is 0 Å². The molecule has 9 heteroatoms. The number of amides is 2. The minimum atomic E-state index is -0.511. The number of nitro benzene ring substituents is 1. The highest BCUT2D eigenvalue weighted by molar-refractivity contribution is 5.96. The molecule has 0 saturated carbocycles. The van der Waals surface area contributed by atoms with Crippen LogP contribution in [-0.2, 0) is 23.1 Å². The van der Waals surface area contributed by atoms with Gasteiger partial charge in [0.1, 0.15) is 6.54 Å². The molecule has 0 N–H and O–H groups in total. The summed E-state index contributed by atoms with van der Waals surface area (Å²) in [7, 11) is 3.52. The first-order valence-electron chi connectivity index (χ1n) is 10.8. The third-order valence-corrected chi connectivity index (χ3v) is 5.25. The molecule has 174 valence electrons. The van der Waals surface area contributed by atoms with Crippen molar-refractivity contribution in [3.63, 3.8) is 0 Å². The number of unbranched alkanes of at least 4 members (excludes halogenated alkanes) is 1. The van der Waals surface area contributed by atoms with Crippen molar-refractivity contribution in [2.75, 3.05) is 33.4 Å². The zero-order chi connectivity index (χ0) is 23.5. The van der Waals surface area contributed by atoms with Crippen molar-refractivity contribution >= 4 is 17.5 Å². The van der Waals surface area contributed by atoms with E-state index < -0.39 is 4.92 Å². The fourth-order valence-electron chi connectivity index (χ4n) is 3.32. The van der Waals surface area contributed by atoms with Crippen LogP contribution in [0.4, 0.5) is 5.69 Å². The smallest absolute Gasteiger partial charge is 0.269 e. The minimum absolute atomic E-state index is 0.0618. The lowest BCUT2D eigenvalue weighted by molar-refractivity contribution is -0.384. The van der Waals surface area contributed by atoms with Crippen molar-refractivity contribution in [3.05, 3.63) is 64.0 Å². The number of non-ortho nitro benzene ring substituents is 1. The van der Waals surface area contributed by atoms with Gasteiger partial charge in [-0.25, -0.2) is 0 Å². The topological polar surface area (TPSA) is 97.9 Å². The van der Waals surface area contributed by atoms with E-state index in [1.54, 1.807) is 12.0 Å². The highest BCUT2D eigenvalue weighted by Gasteiger charge is 2.23. The first-order chi connectivity index (χ1) is 15.4. The van der Waals surface area contributed by atoms with Crippen LogP contribution in [0, 0.1) is 10.1 Å². The largest absolute Gasteiger partial charge is 0.385 e. The van der Waals surface area contributed by atoms with E-state index in [0.29, 0.717) is 38.2 Å². The van der Waals surface area contributed by atoms with Crippen LogP contribution in [0.25, 0.3) is 0 Å². The number of nitro groups is 1. The minimum Gasteiger partial charge on any atom is -0.385 e. The van der Waals surface area contributed by atoms with Crippen LogP contribution >= 0.6 is 0 Å². The molecule has 0 spiro atoms. The van der Waals surface area contributed by atoms with Gasteiger partial charge < -0.3 is 19.1 Å². The van der Waals surface area contributed by atoms with Crippen molar-refractivity contribution < 1.29 is 19.2 Å². The SMILES string of the molecule is CCCCN(Cc1cccn1C)C(=O)CN(CCCOC)C(=O)c1ccc([N+](=O)[O-])cc1. The number of carbonyl (C=O) groups is 2. The maximum absolute atomic E-state index is 13.2. The Kier molecular flexibility index (Phi) is 9.87. The van der Waals surface area contributed by atoms with Gasteiger partial charge in [0.15, 0.2) is 0 Å². The molecule has 0 aliphatic heterocycles. The molecule has 1 aromatic heterocycles. The zero-order valence-electron chi connectivity index (χ0n) is 19.0. The van der Waals surface area contributed by atoms with Gasteiger partial charge in [-0.3, -0.25) is 19.7 Å². The molecule has 32 heavy (non-hydrogen) atoms. The number of nitrogens with zero attached hydrogens (tertiary/aromatic N) is 4. The summed E-state index contributed by atoms with van der Waals surface area (Å²) in [6.07, 6.45) is 4.34. The van der Waals surface area contributed by atoms with Crippen LogP contribution in [0.1, 0.15) is 42.2 Å². The Morgan fingerprint density at radius 2 is 1.78 bits per heavy atom. The standard InChI is InChI=1S/C23H32N4O5/c1-4-5-14-25(17-21-8-6-13-24(21)2)22(28)18-26(15-7-16-32-3)23(29)19-9-11-20(12-10-19)27(30)31/h6,8-13H,4-5,7,14-18H2,1-3H3. The van der Waals surface area contributed by atoms with E-state index >= 15 is 0 Å². The van der Waals surface area contributed by atoms with Gasteiger partial charge >= 0.3 is 0 Å². The monoisotopic (exact) mass is 444 g/mol. The summed E-state index contributed by atoms with van der Waals surface area (Å²) in [4.78, 5) is 40.0. The molecule has 0 bridgehead atoms. The molecule has 0 unspecified atom stereocenters. The number of hydrogen-bond donors (Lipinski definition) is 0. The van der Waals surface area contributed by atoms with Crippen molar-refractivity contribution in [3.8, 4) is 0 Å². The first-order valence-corrected chi connectivity index (χ1v) is 10.8. The summed E-state index contributed by atoms with van der Waals surface area (Å²) in [5, 5.41) is 10.9. The number of aryl methyl sites for hydroxylation is 1. The Hall–Kier alpha value is -3.20. The van der Waals surface area contributed by atoms with Crippen molar-refractivity contribution in [1.82, 2.24) is 14.4 Å². The lowest BCUT2D eigenvalue weighted by Gasteiger charge is -2.28. The highest BCUT2D eigenvalue weighted by Crippen LogP contribution is 2.15. The molecule has 0 aliphatic rings. The predicted octanol–water partition coefficient (Wildman–Crippen LogP) is 3.24. The Morgan fingerprint density at radius 3 is 2.34 bits per heavy atom. The average Bonchev–Trinajstić information content (AvgIpc) is 3.19. The third-order valence-electron chi connectivity index (χ3n) is 5.25. The molecular formula is C23H32N4O5. The molecule has 2 aromatic rings. The lowest BCUT2D eigenvalue weighted by Crippen LogP contribution is -2.43. The summed E-state index contributed by atoms with van der Waals surface area (Å²) in [5.74, 6) is -0.467. The second kappa shape index (κ2) is 12.6. The van der Waals surface area contributed by atoms with E-state index in [4.69, 9.17) is 4.74 Å². The molecular weight excluding hydrogens is 412 g/mol. The van der Waals surface area contributed by atoms with Crippen LogP contribution in [0.2, 0.25) is 0 Å². The van der Waals surface area contributed by atoms with Crippen molar-refractivity contribution in [1.29, 1.82) is 0 Å². The Morgan fingerprint density at radius 1 is 1.09 bits per heavy atom. The fraction of sp³-hybridized carbons (Fsp3) is 0.478. The van der Waals surface area contributed by atoms with Crippen LogP contribution in [0.15, 0.2) is 42.6 Å². The zero-order valence-corrected chi connectivity index (χ0v) is 19.0. The average molecular weight is 445 g/mol.